The quantitative estimate of drug-likeness (QED) is 0.737. The lowest BCUT2D eigenvalue weighted by molar-refractivity contribution is 0.922. The molecule has 16 heavy (non-hydrogen) atoms. The smallest absolute Gasteiger partial charge is 0.0635 e. The van der Waals surface area contributed by atoms with E-state index in [9.17, 15) is 0 Å². The maximum Gasteiger partial charge on any atom is 0.0635 e. The molecule has 0 radical (unpaired) electrons. The molecule has 0 N–H and O–H groups in total. The molecule has 0 spiro atoms. The number of benzene rings is 2. The molecule has 0 bridgehead atoms. The van der Waals surface area contributed by atoms with Crippen molar-refractivity contribution >= 4 is 15.9 Å². The minimum atomic E-state index is -0.396. The van der Waals surface area contributed by atoms with Gasteiger partial charge in [0.05, 0.1) is 11.0 Å². The number of rotatable bonds is 3. The van der Waals surface area contributed by atoms with Crippen LogP contribution in [0.15, 0.2) is 52.8 Å². The van der Waals surface area contributed by atoms with Crippen molar-refractivity contribution in [1.82, 2.24) is 0 Å². The zero-order chi connectivity index (χ0) is 18.3. The van der Waals surface area contributed by atoms with Crippen LogP contribution in [0.3, 0.4) is 0 Å². The van der Waals surface area contributed by atoms with Gasteiger partial charge in [-0.3, -0.25) is 0 Å². The normalized spacial score (nSPS) is 17.4. The van der Waals surface area contributed by atoms with E-state index in [-0.39, 0.29) is 51.9 Å². The van der Waals surface area contributed by atoms with Gasteiger partial charge in [0.15, 0.2) is 0 Å². The molecule has 2 aromatic carbocycles. The Morgan fingerprint density at radius 2 is 1.44 bits per heavy atom. The molecule has 0 heterocycles. The van der Waals surface area contributed by atoms with Crippen LogP contribution in [0.1, 0.15) is 29.9 Å². The van der Waals surface area contributed by atoms with E-state index >= 15 is 0 Å². The van der Waals surface area contributed by atoms with Crippen LogP contribution in [-0.2, 0) is 6.42 Å². The summed E-state index contributed by atoms with van der Waals surface area (Å²) in [4.78, 5) is 0. The van der Waals surface area contributed by atoms with Gasteiger partial charge in [0.1, 0.15) is 0 Å². The molecule has 0 aromatic heterocycles. The molecule has 0 fully saturated rings. The van der Waals surface area contributed by atoms with Gasteiger partial charge in [0.25, 0.3) is 0 Å². The van der Waals surface area contributed by atoms with Crippen LogP contribution in [-0.4, -0.2) is 0 Å². The van der Waals surface area contributed by atoms with Crippen molar-refractivity contribution in [1.29, 1.82) is 0 Å². The Morgan fingerprint density at radius 3 is 1.94 bits per heavy atom. The summed E-state index contributed by atoms with van der Waals surface area (Å²) in [5.74, 6) is 0. The minimum absolute atomic E-state index is 0.000826. The van der Waals surface area contributed by atoms with Crippen molar-refractivity contribution in [3.05, 3.63) is 58.4 Å². The summed E-state index contributed by atoms with van der Waals surface area (Å²) in [5.41, 5.74) is -0.119. The van der Waals surface area contributed by atoms with Crippen molar-refractivity contribution in [2.45, 2.75) is 19.8 Å². The first-order chi connectivity index (χ1) is 11.1. The van der Waals surface area contributed by atoms with Gasteiger partial charge in [-0.2, -0.15) is 0 Å². The standard InChI is InChI=1S/C15H15Br/c1-2-3-12-4-6-13(7-5-12)14-8-10-15(16)11-9-14/h4-11H,2-3H2,1H3/i4D,5D,6D,7D,8D,9D,10D,11D. The van der Waals surface area contributed by atoms with Crippen LogP contribution in [0, 0.1) is 0 Å². The molecule has 0 atom stereocenters. The molecule has 0 aliphatic carbocycles. The molecule has 0 aliphatic rings. The molecular formula is C15H15Br. The van der Waals surface area contributed by atoms with E-state index < -0.39 is 12.1 Å². The average molecular weight is 283 g/mol. The fourth-order valence-electron chi connectivity index (χ4n) is 1.26. The second-order valence-electron chi connectivity index (χ2n) is 3.29. The number of hydrogen-bond donors (Lipinski definition) is 0. The molecule has 0 saturated heterocycles. The van der Waals surface area contributed by atoms with Crippen molar-refractivity contribution in [2.24, 2.45) is 0 Å². The van der Waals surface area contributed by atoms with Gasteiger partial charge < -0.3 is 0 Å². The molecular weight excluding hydrogens is 260 g/mol. The highest BCUT2D eigenvalue weighted by atomic mass is 79.9. The molecule has 0 amide bonds. The highest BCUT2D eigenvalue weighted by Gasteiger charge is 1.97. The van der Waals surface area contributed by atoms with Gasteiger partial charge in [-0.05, 0) is 35.2 Å². The van der Waals surface area contributed by atoms with Crippen LogP contribution in [0.2, 0.25) is 0 Å². The summed E-state index contributed by atoms with van der Waals surface area (Å²) < 4.78 is 64.5. The Kier molecular flexibility index (Phi) is 1.68. The predicted octanol–water partition coefficient (Wildman–Crippen LogP) is 5.07. The second kappa shape index (κ2) is 5.31. The molecule has 2 rings (SSSR count). The molecule has 0 aliphatic heterocycles. The van der Waals surface area contributed by atoms with E-state index in [0.29, 0.717) is 18.4 Å². The van der Waals surface area contributed by atoms with E-state index in [1.807, 2.05) is 6.92 Å². The lowest BCUT2D eigenvalue weighted by atomic mass is 10.0. The maximum absolute atomic E-state index is 8.19. The predicted molar refractivity (Wildman–Crippen MR) is 73.6 cm³/mol. The molecule has 0 saturated carbocycles. The van der Waals surface area contributed by atoms with Crippen LogP contribution in [0.5, 0.6) is 0 Å². The third-order valence-corrected chi connectivity index (χ3v) is 2.42. The van der Waals surface area contributed by atoms with E-state index in [0.717, 1.165) is 0 Å². The SMILES string of the molecule is [2H]c1c([2H])c(-c2c([2H])c([2H])c(CCC)c([2H])c2[2H])c([2H])c([2H])c1Br. The molecule has 0 unspecified atom stereocenters. The summed E-state index contributed by atoms with van der Waals surface area (Å²) in [6.07, 6.45) is 1.06. The highest BCUT2D eigenvalue weighted by molar-refractivity contribution is 9.10. The fourth-order valence-corrected chi connectivity index (χ4v) is 1.46. The van der Waals surface area contributed by atoms with Crippen LogP contribution >= 0.6 is 15.9 Å². The van der Waals surface area contributed by atoms with Crippen molar-refractivity contribution in [3.8, 4) is 11.1 Å². The van der Waals surface area contributed by atoms with Crippen LogP contribution in [0.25, 0.3) is 11.1 Å². The average Bonchev–Trinajstić information content (AvgIpc) is 2.56. The highest BCUT2D eigenvalue weighted by Crippen LogP contribution is 2.22. The van der Waals surface area contributed by atoms with Gasteiger partial charge in [-0.25, -0.2) is 0 Å². The topological polar surface area (TPSA) is 0 Å². The molecule has 0 nitrogen and oxygen atoms in total. The first-order valence-corrected chi connectivity index (χ1v) is 5.79. The van der Waals surface area contributed by atoms with E-state index in [4.69, 9.17) is 11.0 Å². The summed E-state index contributed by atoms with van der Waals surface area (Å²) >= 11 is 3.00. The van der Waals surface area contributed by atoms with Crippen molar-refractivity contribution in [3.63, 3.8) is 0 Å². The third-order valence-electron chi connectivity index (χ3n) is 2.02. The lowest BCUT2D eigenvalue weighted by Crippen LogP contribution is -1.83. The van der Waals surface area contributed by atoms with Gasteiger partial charge >= 0.3 is 0 Å². The summed E-state index contributed by atoms with van der Waals surface area (Å²) in [7, 11) is 0. The fraction of sp³-hybridized carbons (Fsp3) is 0.200. The molecule has 1 heteroatoms. The number of hydrogen-bond acceptors (Lipinski definition) is 0. The summed E-state index contributed by atoms with van der Waals surface area (Å²) in [5, 5.41) is 0. The summed E-state index contributed by atoms with van der Waals surface area (Å²) in [6.45, 7) is 1.87. The van der Waals surface area contributed by atoms with E-state index in [1.54, 1.807) is 0 Å². The first-order valence-electron chi connectivity index (χ1n) is 9.00. The lowest BCUT2D eigenvalue weighted by Gasteiger charge is -2.03. The zero-order valence-corrected chi connectivity index (χ0v) is 10.4. The van der Waals surface area contributed by atoms with Crippen molar-refractivity contribution in [2.75, 3.05) is 0 Å². The van der Waals surface area contributed by atoms with E-state index in [2.05, 4.69) is 15.9 Å². The Balaban J connectivity index is 2.95. The Bertz CT molecular complexity index is 773. The van der Waals surface area contributed by atoms with Gasteiger partial charge in [-0.15, -0.1) is 0 Å². The monoisotopic (exact) mass is 282 g/mol. The largest absolute Gasteiger partial charge is 0.0651 e. The van der Waals surface area contributed by atoms with Gasteiger partial charge in [-0.1, -0.05) is 65.5 Å². The second-order valence-corrected chi connectivity index (χ2v) is 4.09. The van der Waals surface area contributed by atoms with Crippen molar-refractivity contribution < 1.29 is 11.0 Å². The Labute approximate surface area is 117 Å². The Hall–Kier alpha value is -1.08. The first kappa shape index (κ1) is 5.05. The van der Waals surface area contributed by atoms with Gasteiger partial charge in [0, 0.05) is 4.47 Å². The minimum Gasteiger partial charge on any atom is -0.0651 e. The summed E-state index contributed by atoms with van der Waals surface area (Å²) in [6, 6.07) is -2.52. The molecule has 2 aromatic rings. The zero-order valence-electron chi connectivity index (χ0n) is 16.8. The number of halogens is 1. The maximum atomic E-state index is 8.19. The van der Waals surface area contributed by atoms with E-state index in [1.165, 1.54) is 0 Å². The Morgan fingerprint density at radius 1 is 0.938 bits per heavy atom. The van der Waals surface area contributed by atoms with Gasteiger partial charge in [0.2, 0.25) is 0 Å². The third kappa shape index (κ3) is 2.73. The van der Waals surface area contributed by atoms with Crippen LogP contribution in [0.4, 0.5) is 0 Å². The molecule has 82 valence electrons. The van der Waals surface area contributed by atoms with Crippen LogP contribution < -0.4 is 0 Å².